The Kier molecular flexibility index (Phi) is 6.64. The van der Waals surface area contributed by atoms with Crippen molar-refractivity contribution in [3.63, 3.8) is 0 Å². The highest BCUT2D eigenvalue weighted by Crippen LogP contribution is 2.39. The van der Waals surface area contributed by atoms with E-state index < -0.39 is 34.0 Å². The van der Waals surface area contributed by atoms with Crippen LogP contribution in [0.5, 0.6) is 0 Å². The number of aliphatic hydroxyl groups excluding tert-OH is 1. The van der Waals surface area contributed by atoms with Crippen LogP contribution in [-0.2, 0) is 15.6 Å². The van der Waals surface area contributed by atoms with Gasteiger partial charge in [0.2, 0.25) is 15.6 Å². The van der Waals surface area contributed by atoms with Crippen molar-refractivity contribution >= 4 is 28.3 Å². The number of piperazine rings is 1. The fraction of sp³-hybridized carbons (Fsp3) is 0.400. The lowest BCUT2D eigenvalue weighted by Crippen LogP contribution is -2.53. The molecule has 0 aromatic heterocycles. The summed E-state index contributed by atoms with van der Waals surface area (Å²) in [6.07, 6.45) is -5.03. The van der Waals surface area contributed by atoms with Gasteiger partial charge in [-0.15, -0.1) is 12.6 Å². The molecule has 2 aromatic carbocycles. The van der Waals surface area contributed by atoms with Gasteiger partial charge in [0, 0.05) is 36.3 Å². The Morgan fingerprint density at radius 2 is 1.71 bits per heavy atom. The Hall–Kier alpha value is -1.79. The van der Waals surface area contributed by atoms with Gasteiger partial charge in [-0.3, -0.25) is 0 Å². The van der Waals surface area contributed by atoms with Crippen molar-refractivity contribution in [1.82, 2.24) is 4.31 Å². The zero-order chi connectivity index (χ0) is 23.0. The zero-order valence-corrected chi connectivity index (χ0v) is 18.3. The number of hydrogen-bond donors (Lipinski definition) is 3. The lowest BCUT2D eigenvalue weighted by Gasteiger charge is -2.41. The number of halogens is 3. The van der Waals surface area contributed by atoms with Gasteiger partial charge in [0.1, 0.15) is 0 Å². The SMILES string of the molecule is C[C@H]1CN(S(=O)(=O)c2ccccc2S)CCN1c1ccc(C(O)(CO)C(F)(F)F)cc1. The van der Waals surface area contributed by atoms with E-state index in [0.29, 0.717) is 17.1 Å². The Bertz CT molecular complexity index is 1030. The standard InChI is InChI=1S/C20H23F3N2O4S2/c1-14-12-24(31(28,29)18-5-3-2-4-17(18)30)10-11-25(14)16-8-6-15(7-9-16)19(27,13-26)20(21,22)23/h2-9,14,26-27,30H,10-13H2,1H3/t14-,19?/m0/s1. The highest BCUT2D eigenvalue weighted by Gasteiger charge is 2.54. The van der Waals surface area contributed by atoms with Crippen LogP contribution in [0.3, 0.4) is 0 Å². The number of nitrogens with zero attached hydrogens (tertiary/aromatic N) is 2. The van der Waals surface area contributed by atoms with Gasteiger partial charge in [-0.1, -0.05) is 24.3 Å². The normalized spacial score (nSPS) is 20.5. The molecule has 1 aliphatic rings. The summed E-state index contributed by atoms with van der Waals surface area (Å²) in [7, 11) is -3.73. The number of rotatable bonds is 5. The van der Waals surface area contributed by atoms with Gasteiger partial charge in [0.05, 0.1) is 11.5 Å². The van der Waals surface area contributed by atoms with Crippen molar-refractivity contribution in [2.24, 2.45) is 0 Å². The maximum absolute atomic E-state index is 13.1. The molecule has 1 saturated heterocycles. The molecule has 1 heterocycles. The highest BCUT2D eigenvalue weighted by molar-refractivity contribution is 7.90. The summed E-state index contributed by atoms with van der Waals surface area (Å²) in [5, 5.41) is 19.0. The molecule has 2 N–H and O–H groups in total. The van der Waals surface area contributed by atoms with Gasteiger partial charge >= 0.3 is 6.18 Å². The number of aliphatic hydroxyl groups is 2. The first kappa shape index (κ1) is 23.9. The second-order valence-corrected chi connectivity index (χ2v) is 9.82. The van der Waals surface area contributed by atoms with E-state index in [4.69, 9.17) is 5.11 Å². The van der Waals surface area contributed by atoms with E-state index in [9.17, 15) is 26.7 Å². The van der Waals surface area contributed by atoms with Crippen LogP contribution in [0.15, 0.2) is 58.3 Å². The predicted octanol–water partition coefficient (Wildman–Crippen LogP) is 2.62. The average molecular weight is 477 g/mol. The summed E-state index contributed by atoms with van der Waals surface area (Å²) in [6.45, 7) is 1.05. The number of thiol groups is 1. The predicted molar refractivity (Wildman–Crippen MR) is 113 cm³/mol. The lowest BCUT2D eigenvalue weighted by molar-refractivity contribution is -0.277. The molecule has 31 heavy (non-hydrogen) atoms. The fourth-order valence-corrected chi connectivity index (χ4v) is 5.72. The molecular formula is C20H23F3N2O4S2. The quantitative estimate of drug-likeness (QED) is 0.578. The van der Waals surface area contributed by atoms with Gasteiger partial charge in [0.25, 0.3) is 0 Å². The topological polar surface area (TPSA) is 81.1 Å². The minimum atomic E-state index is -5.03. The number of alkyl halides is 3. The first-order chi connectivity index (χ1) is 14.4. The smallest absolute Gasteiger partial charge is 0.393 e. The molecule has 3 rings (SSSR count). The van der Waals surface area contributed by atoms with Gasteiger partial charge < -0.3 is 15.1 Å². The molecule has 0 spiro atoms. The van der Waals surface area contributed by atoms with Crippen LogP contribution < -0.4 is 4.90 Å². The van der Waals surface area contributed by atoms with Crippen LogP contribution in [0, 0.1) is 0 Å². The first-order valence-corrected chi connectivity index (χ1v) is 11.4. The van der Waals surface area contributed by atoms with Crippen LogP contribution in [0.4, 0.5) is 18.9 Å². The molecule has 170 valence electrons. The molecular weight excluding hydrogens is 453 g/mol. The molecule has 11 heteroatoms. The van der Waals surface area contributed by atoms with E-state index in [-0.39, 0.29) is 24.0 Å². The molecule has 6 nitrogen and oxygen atoms in total. The molecule has 2 atom stereocenters. The number of benzene rings is 2. The van der Waals surface area contributed by atoms with Gasteiger partial charge in [-0.05, 0) is 36.8 Å². The third kappa shape index (κ3) is 4.42. The van der Waals surface area contributed by atoms with E-state index in [0.717, 1.165) is 12.1 Å². The van der Waals surface area contributed by atoms with Crippen LogP contribution in [0.2, 0.25) is 0 Å². The molecule has 0 amide bonds. The van der Waals surface area contributed by atoms with Crippen LogP contribution in [0.1, 0.15) is 12.5 Å². The maximum atomic E-state index is 13.1. The lowest BCUT2D eigenvalue weighted by atomic mass is 9.93. The Morgan fingerprint density at radius 1 is 1.10 bits per heavy atom. The fourth-order valence-electron chi connectivity index (χ4n) is 3.61. The van der Waals surface area contributed by atoms with Gasteiger partial charge in [-0.2, -0.15) is 17.5 Å². The minimum Gasteiger partial charge on any atom is -0.393 e. The largest absolute Gasteiger partial charge is 0.423 e. The number of sulfonamides is 1. The van der Waals surface area contributed by atoms with E-state index in [2.05, 4.69) is 12.6 Å². The summed E-state index contributed by atoms with van der Waals surface area (Å²) in [6, 6.07) is 11.3. The summed E-state index contributed by atoms with van der Waals surface area (Å²) in [5.41, 5.74) is -3.22. The summed E-state index contributed by atoms with van der Waals surface area (Å²) < 4.78 is 66.8. The van der Waals surface area contributed by atoms with E-state index >= 15 is 0 Å². The Morgan fingerprint density at radius 3 is 2.23 bits per heavy atom. The number of hydrogen-bond acceptors (Lipinski definition) is 6. The van der Waals surface area contributed by atoms with Crippen molar-refractivity contribution in [2.75, 3.05) is 31.1 Å². The van der Waals surface area contributed by atoms with Gasteiger partial charge in [0.15, 0.2) is 0 Å². The third-order valence-corrected chi connectivity index (χ3v) is 7.91. The molecule has 1 aliphatic heterocycles. The average Bonchev–Trinajstić information content (AvgIpc) is 2.72. The van der Waals surface area contributed by atoms with E-state index in [1.165, 1.54) is 22.5 Å². The van der Waals surface area contributed by atoms with Crippen molar-refractivity contribution in [2.45, 2.75) is 34.5 Å². The summed E-state index contributed by atoms with van der Waals surface area (Å²) in [4.78, 5) is 2.36. The first-order valence-electron chi connectivity index (χ1n) is 9.47. The third-order valence-electron chi connectivity index (χ3n) is 5.45. The molecule has 0 bridgehead atoms. The molecule has 1 fully saturated rings. The monoisotopic (exact) mass is 476 g/mol. The molecule has 0 saturated carbocycles. The molecule has 0 radical (unpaired) electrons. The van der Waals surface area contributed by atoms with Crippen LogP contribution in [0.25, 0.3) is 0 Å². The van der Waals surface area contributed by atoms with Crippen LogP contribution >= 0.6 is 12.6 Å². The van der Waals surface area contributed by atoms with Crippen molar-refractivity contribution < 1.29 is 31.8 Å². The Labute approximate surface area is 184 Å². The second-order valence-electron chi connectivity index (χ2n) is 7.44. The second kappa shape index (κ2) is 8.62. The summed E-state index contributed by atoms with van der Waals surface area (Å²) >= 11 is 4.23. The maximum Gasteiger partial charge on any atom is 0.423 e. The van der Waals surface area contributed by atoms with E-state index in [1.807, 2.05) is 11.8 Å². The minimum absolute atomic E-state index is 0.124. The van der Waals surface area contributed by atoms with E-state index in [1.54, 1.807) is 18.2 Å². The highest BCUT2D eigenvalue weighted by atomic mass is 32.2. The number of anilines is 1. The molecule has 2 aromatic rings. The van der Waals surface area contributed by atoms with Gasteiger partial charge in [-0.25, -0.2) is 8.42 Å². The Balaban J connectivity index is 1.78. The van der Waals surface area contributed by atoms with Crippen molar-refractivity contribution in [3.8, 4) is 0 Å². The molecule has 0 aliphatic carbocycles. The van der Waals surface area contributed by atoms with Crippen LogP contribution in [-0.4, -0.2) is 61.4 Å². The molecule has 1 unspecified atom stereocenters. The summed E-state index contributed by atoms with van der Waals surface area (Å²) in [5.74, 6) is 0. The zero-order valence-electron chi connectivity index (χ0n) is 16.6. The van der Waals surface area contributed by atoms with Crippen molar-refractivity contribution in [3.05, 3.63) is 54.1 Å². The van der Waals surface area contributed by atoms with Crippen molar-refractivity contribution in [1.29, 1.82) is 0 Å².